The van der Waals surface area contributed by atoms with Gasteiger partial charge in [0, 0.05) is 7.05 Å². The minimum atomic E-state index is -0.220. The highest BCUT2D eigenvalue weighted by molar-refractivity contribution is 6.30. The van der Waals surface area contributed by atoms with Crippen LogP contribution in [0.3, 0.4) is 0 Å². The fraction of sp³-hybridized carbons (Fsp3) is 0.400. The molecule has 0 atom stereocenters. The standard InChI is InChI=1S/C10H13ClN2O/c1-6(2)7-4-5-8(10(14)12-3)13-9(7)11/h4-6H,1-3H3,(H,12,14). The molecule has 1 heterocycles. The normalized spacial score (nSPS) is 10.4. The number of hydrogen-bond acceptors (Lipinski definition) is 2. The van der Waals surface area contributed by atoms with Gasteiger partial charge >= 0.3 is 0 Å². The third kappa shape index (κ3) is 2.23. The Hall–Kier alpha value is -1.09. The summed E-state index contributed by atoms with van der Waals surface area (Å²) < 4.78 is 0. The summed E-state index contributed by atoms with van der Waals surface area (Å²) in [5, 5.41) is 2.90. The molecule has 14 heavy (non-hydrogen) atoms. The van der Waals surface area contributed by atoms with Gasteiger partial charge in [-0.15, -0.1) is 0 Å². The van der Waals surface area contributed by atoms with Crippen molar-refractivity contribution in [3.05, 3.63) is 28.5 Å². The molecular weight excluding hydrogens is 200 g/mol. The predicted octanol–water partition coefficient (Wildman–Crippen LogP) is 2.22. The second-order valence-corrected chi connectivity index (χ2v) is 3.67. The molecule has 1 aromatic heterocycles. The van der Waals surface area contributed by atoms with Crippen LogP contribution < -0.4 is 5.32 Å². The van der Waals surface area contributed by atoms with Crippen molar-refractivity contribution in [2.75, 3.05) is 7.05 Å². The average molecular weight is 213 g/mol. The molecule has 1 aromatic rings. The molecule has 1 rings (SSSR count). The Balaban J connectivity index is 3.06. The first kappa shape index (κ1) is 11.0. The molecule has 0 aliphatic heterocycles. The number of halogens is 1. The van der Waals surface area contributed by atoms with Crippen LogP contribution in [-0.2, 0) is 0 Å². The Morgan fingerprint density at radius 3 is 2.57 bits per heavy atom. The lowest BCUT2D eigenvalue weighted by Crippen LogP contribution is -2.19. The average Bonchev–Trinajstić information content (AvgIpc) is 2.15. The van der Waals surface area contributed by atoms with Crippen LogP contribution >= 0.6 is 11.6 Å². The van der Waals surface area contributed by atoms with Gasteiger partial charge in [-0.3, -0.25) is 4.79 Å². The van der Waals surface area contributed by atoms with Gasteiger partial charge in [-0.05, 0) is 17.5 Å². The van der Waals surface area contributed by atoms with Crippen molar-refractivity contribution in [3.63, 3.8) is 0 Å². The Morgan fingerprint density at radius 2 is 2.14 bits per heavy atom. The number of amides is 1. The maximum Gasteiger partial charge on any atom is 0.269 e. The summed E-state index contributed by atoms with van der Waals surface area (Å²) in [5.74, 6) is 0.0935. The molecule has 0 radical (unpaired) electrons. The molecule has 1 amide bonds. The third-order valence-corrected chi connectivity index (χ3v) is 2.26. The van der Waals surface area contributed by atoms with Crippen molar-refractivity contribution >= 4 is 17.5 Å². The van der Waals surface area contributed by atoms with Crippen LogP contribution in [0.25, 0.3) is 0 Å². The smallest absolute Gasteiger partial charge is 0.269 e. The van der Waals surface area contributed by atoms with Gasteiger partial charge in [0.2, 0.25) is 0 Å². The Kier molecular flexibility index (Phi) is 3.47. The summed E-state index contributed by atoms with van der Waals surface area (Å²) in [6.07, 6.45) is 0. The highest BCUT2D eigenvalue weighted by Crippen LogP contribution is 2.22. The zero-order valence-electron chi connectivity index (χ0n) is 8.47. The van der Waals surface area contributed by atoms with Crippen molar-refractivity contribution in [2.24, 2.45) is 0 Å². The van der Waals surface area contributed by atoms with E-state index in [1.165, 1.54) is 0 Å². The van der Waals surface area contributed by atoms with Crippen molar-refractivity contribution in [3.8, 4) is 0 Å². The lowest BCUT2D eigenvalue weighted by Gasteiger charge is -2.08. The van der Waals surface area contributed by atoms with Gasteiger partial charge in [0.1, 0.15) is 10.8 Å². The number of carbonyl (C=O) groups excluding carboxylic acids is 1. The minimum Gasteiger partial charge on any atom is -0.354 e. The minimum absolute atomic E-state index is 0.220. The van der Waals surface area contributed by atoms with E-state index in [-0.39, 0.29) is 5.91 Å². The fourth-order valence-electron chi connectivity index (χ4n) is 1.13. The van der Waals surface area contributed by atoms with E-state index >= 15 is 0 Å². The molecule has 0 bridgehead atoms. The first-order valence-corrected chi connectivity index (χ1v) is 4.82. The number of aromatic nitrogens is 1. The summed E-state index contributed by atoms with van der Waals surface area (Å²) in [4.78, 5) is 15.2. The van der Waals surface area contributed by atoms with Crippen LogP contribution in [0.15, 0.2) is 12.1 Å². The van der Waals surface area contributed by atoms with E-state index in [9.17, 15) is 4.79 Å². The van der Waals surface area contributed by atoms with Crippen molar-refractivity contribution in [2.45, 2.75) is 19.8 Å². The van der Waals surface area contributed by atoms with Crippen LogP contribution in [0.5, 0.6) is 0 Å². The quantitative estimate of drug-likeness (QED) is 0.764. The van der Waals surface area contributed by atoms with E-state index in [1.54, 1.807) is 13.1 Å². The topological polar surface area (TPSA) is 42.0 Å². The van der Waals surface area contributed by atoms with Crippen molar-refractivity contribution in [1.29, 1.82) is 0 Å². The monoisotopic (exact) mass is 212 g/mol. The zero-order chi connectivity index (χ0) is 10.7. The lowest BCUT2D eigenvalue weighted by atomic mass is 10.1. The van der Waals surface area contributed by atoms with Crippen molar-refractivity contribution < 1.29 is 4.79 Å². The van der Waals surface area contributed by atoms with Crippen LogP contribution in [0.4, 0.5) is 0 Å². The highest BCUT2D eigenvalue weighted by Gasteiger charge is 2.10. The molecule has 3 nitrogen and oxygen atoms in total. The summed E-state index contributed by atoms with van der Waals surface area (Å²) in [6.45, 7) is 4.06. The first-order chi connectivity index (χ1) is 6.56. The van der Waals surface area contributed by atoms with E-state index in [2.05, 4.69) is 10.3 Å². The van der Waals surface area contributed by atoms with Crippen LogP contribution in [0, 0.1) is 0 Å². The molecule has 0 saturated carbocycles. The number of carbonyl (C=O) groups is 1. The van der Waals surface area contributed by atoms with Gasteiger partial charge in [-0.25, -0.2) is 4.98 Å². The van der Waals surface area contributed by atoms with E-state index in [1.807, 2.05) is 19.9 Å². The third-order valence-electron chi connectivity index (χ3n) is 1.96. The number of nitrogens with one attached hydrogen (secondary N) is 1. The maximum absolute atomic E-state index is 11.2. The molecule has 0 fully saturated rings. The maximum atomic E-state index is 11.2. The van der Waals surface area contributed by atoms with Gasteiger partial charge in [-0.2, -0.15) is 0 Å². The van der Waals surface area contributed by atoms with E-state index in [0.29, 0.717) is 16.8 Å². The zero-order valence-corrected chi connectivity index (χ0v) is 9.22. The molecule has 1 N–H and O–H groups in total. The Labute approximate surface area is 88.5 Å². The van der Waals surface area contributed by atoms with Gasteiger partial charge in [-0.1, -0.05) is 31.5 Å². The molecule has 4 heteroatoms. The summed E-state index contributed by atoms with van der Waals surface area (Å²) in [6, 6.07) is 3.52. The fourth-order valence-corrected chi connectivity index (χ4v) is 1.50. The molecule has 0 spiro atoms. The molecular formula is C10H13ClN2O. The number of hydrogen-bond donors (Lipinski definition) is 1. The molecule has 0 aliphatic carbocycles. The first-order valence-electron chi connectivity index (χ1n) is 4.44. The number of rotatable bonds is 2. The molecule has 0 saturated heterocycles. The van der Waals surface area contributed by atoms with Gasteiger partial charge in [0.05, 0.1) is 0 Å². The summed E-state index contributed by atoms with van der Waals surface area (Å²) >= 11 is 5.93. The molecule has 76 valence electrons. The number of pyridine rings is 1. The Morgan fingerprint density at radius 1 is 1.50 bits per heavy atom. The second-order valence-electron chi connectivity index (χ2n) is 3.31. The van der Waals surface area contributed by atoms with Crippen LogP contribution in [-0.4, -0.2) is 17.9 Å². The van der Waals surface area contributed by atoms with E-state index in [4.69, 9.17) is 11.6 Å². The predicted molar refractivity (Wildman–Crippen MR) is 56.7 cm³/mol. The van der Waals surface area contributed by atoms with E-state index < -0.39 is 0 Å². The largest absolute Gasteiger partial charge is 0.354 e. The van der Waals surface area contributed by atoms with Gasteiger partial charge in [0.15, 0.2) is 0 Å². The van der Waals surface area contributed by atoms with Gasteiger partial charge in [0.25, 0.3) is 5.91 Å². The van der Waals surface area contributed by atoms with E-state index in [0.717, 1.165) is 5.56 Å². The molecule has 0 aliphatic rings. The molecule has 0 unspecified atom stereocenters. The number of nitrogens with zero attached hydrogens (tertiary/aromatic N) is 1. The SMILES string of the molecule is CNC(=O)c1ccc(C(C)C)c(Cl)n1. The van der Waals surface area contributed by atoms with Crippen LogP contribution in [0.2, 0.25) is 5.15 Å². The molecule has 0 aromatic carbocycles. The van der Waals surface area contributed by atoms with Gasteiger partial charge < -0.3 is 5.32 Å². The second kappa shape index (κ2) is 4.42. The van der Waals surface area contributed by atoms with Crippen LogP contribution in [0.1, 0.15) is 35.8 Å². The summed E-state index contributed by atoms with van der Waals surface area (Å²) in [5.41, 5.74) is 1.31. The lowest BCUT2D eigenvalue weighted by molar-refractivity contribution is 0.0958. The Bertz CT molecular complexity index is 350. The van der Waals surface area contributed by atoms with Crippen molar-refractivity contribution in [1.82, 2.24) is 10.3 Å². The summed E-state index contributed by atoms with van der Waals surface area (Å²) in [7, 11) is 1.56. The highest BCUT2D eigenvalue weighted by atomic mass is 35.5.